The predicted octanol–water partition coefficient (Wildman–Crippen LogP) is 2.94. The Bertz CT molecular complexity index is 869. The lowest BCUT2D eigenvalue weighted by molar-refractivity contribution is -0.143. The number of amides is 3. The van der Waals surface area contributed by atoms with Crippen LogP contribution in [-0.4, -0.2) is 72.7 Å². The Morgan fingerprint density at radius 3 is 2.29 bits per heavy atom. The van der Waals surface area contributed by atoms with Gasteiger partial charge in [0.1, 0.15) is 0 Å². The summed E-state index contributed by atoms with van der Waals surface area (Å²) < 4.78 is 0. The summed E-state index contributed by atoms with van der Waals surface area (Å²) in [6.07, 6.45) is 4.65. The van der Waals surface area contributed by atoms with Gasteiger partial charge < -0.3 is 9.80 Å². The van der Waals surface area contributed by atoms with Crippen LogP contribution in [-0.2, 0) is 19.8 Å². The number of likely N-dealkylation sites (tertiary alicyclic amines) is 1. The second kappa shape index (κ2) is 8.55. The quantitative estimate of drug-likeness (QED) is 0.548. The molecule has 31 heavy (non-hydrogen) atoms. The normalized spacial score (nSPS) is 23.9. The van der Waals surface area contributed by atoms with E-state index in [0.717, 1.165) is 0 Å². The van der Waals surface area contributed by atoms with Crippen LogP contribution < -0.4 is 0 Å². The number of carbonyl (C=O) groups is 3. The summed E-state index contributed by atoms with van der Waals surface area (Å²) in [7, 11) is 5.68. The van der Waals surface area contributed by atoms with Crippen molar-refractivity contribution in [2.75, 3.05) is 34.2 Å². The number of imide groups is 1. The molecule has 4 rings (SSSR count). The van der Waals surface area contributed by atoms with Crippen molar-refractivity contribution in [3.05, 3.63) is 34.9 Å². The minimum Gasteiger partial charge on any atom is -0.342 e. The van der Waals surface area contributed by atoms with Crippen LogP contribution in [0.1, 0.15) is 44.1 Å². The van der Waals surface area contributed by atoms with Gasteiger partial charge in [0, 0.05) is 44.0 Å². The number of nitrogens with zero attached hydrogens (tertiary/aromatic N) is 3. The van der Waals surface area contributed by atoms with Crippen LogP contribution in [0, 0.1) is 11.8 Å². The molecule has 0 spiro atoms. The summed E-state index contributed by atoms with van der Waals surface area (Å²) in [5.74, 6) is 0.552. The first-order valence-corrected chi connectivity index (χ1v) is 11.6. The number of hydrogen-bond donors (Lipinski definition) is 0. The van der Waals surface area contributed by atoms with Crippen LogP contribution in [0.2, 0.25) is 5.02 Å². The topological polar surface area (TPSA) is 60.9 Å². The van der Waals surface area contributed by atoms with Crippen molar-refractivity contribution >= 4 is 29.3 Å². The summed E-state index contributed by atoms with van der Waals surface area (Å²) in [6.45, 7) is 0.892. The number of halogens is 1. The van der Waals surface area contributed by atoms with Gasteiger partial charge in [-0.3, -0.25) is 19.3 Å². The van der Waals surface area contributed by atoms with Gasteiger partial charge in [-0.05, 0) is 63.2 Å². The van der Waals surface area contributed by atoms with Gasteiger partial charge in [0.05, 0.1) is 5.41 Å². The van der Waals surface area contributed by atoms with E-state index in [4.69, 9.17) is 11.6 Å². The van der Waals surface area contributed by atoms with Crippen molar-refractivity contribution in [3.8, 4) is 0 Å². The Kier molecular flexibility index (Phi) is 6.14. The van der Waals surface area contributed by atoms with Gasteiger partial charge in [0.15, 0.2) is 0 Å². The van der Waals surface area contributed by atoms with Crippen LogP contribution in [0.25, 0.3) is 0 Å². The minimum absolute atomic E-state index is 0.0138. The smallest absolute Gasteiger partial charge is 0.240 e. The summed E-state index contributed by atoms with van der Waals surface area (Å²) in [4.78, 5) is 45.3. The van der Waals surface area contributed by atoms with Crippen molar-refractivity contribution in [2.24, 2.45) is 11.8 Å². The van der Waals surface area contributed by atoms with Gasteiger partial charge in [-0.1, -0.05) is 29.8 Å². The predicted molar refractivity (Wildman–Crippen MR) is 120 cm³/mol. The van der Waals surface area contributed by atoms with Crippen molar-refractivity contribution in [3.63, 3.8) is 0 Å². The highest BCUT2D eigenvalue weighted by Crippen LogP contribution is 2.48. The highest BCUT2D eigenvalue weighted by molar-refractivity contribution is 6.32. The molecule has 2 aliphatic carbocycles. The summed E-state index contributed by atoms with van der Waals surface area (Å²) in [6, 6.07) is 7.39. The summed E-state index contributed by atoms with van der Waals surface area (Å²) in [5.41, 5.74) is -0.649. The fourth-order valence-electron chi connectivity index (χ4n) is 5.06. The van der Waals surface area contributed by atoms with E-state index in [1.54, 1.807) is 18.2 Å². The first-order valence-electron chi connectivity index (χ1n) is 11.2. The largest absolute Gasteiger partial charge is 0.342 e. The molecule has 2 saturated carbocycles. The maximum absolute atomic E-state index is 13.7. The van der Waals surface area contributed by atoms with Gasteiger partial charge in [-0.2, -0.15) is 0 Å². The Hall–Kier alpha value is -1.92. The Balaban J connectivity index is 1.64. The molecule has 3 amide bonds. The molecule has 1 heterocycles. The Morgan fingerprint density at radius 1 is 1.13 bits per heavy atom. The van der Waals surface area contributed by atoms with E-state index in [9.17, 15) is 14.4 Å². The fraction of sp³-hybridized carbons (Fsp3) is 0.625. The average molecular weight is 446 g/mol. The number of hydrogen-bond acceptors (Lipinski definition) is 4. The lowest BCUT2D eigenvalue weighted by Crippen LogP contribution is -2.47. The standard InChI is InChI=1S/C24H32ClN3O3/c1-26(2)12-13-28-21(30)15-24(23(28)31,18-6-4-5-7-19(18)25)14-20(29)27(3)22(16-8-9-16)17-10-11-17/h4-7,16-17,22H,8-15H2,1-3H3. The highest BCUT2D eigenvalue weighted by Gasteiger charge is 2.55. The molecule has 1 saturated heterocycles. The zero-order valence-corrected chi connectivity index (χ0v) is 19.4. The molecule has 1 unspecified atom stereocenters. The Labute approximate surface area is 189 Å². The molecule has 3 fully saturated rings. The molecule has 1 aromatic carbocycles. The summed E-state index contributed by atoms with van der Waals surface area (Å²) >= 11 is 6.51. The van der Waals surface area contributed by atoms with Crippen molar-refractivity contribution in [1.82, 2.24) is 14.7 Å². The van der Waals surface area contributed by atoms with E-state index in [-0.39, 0.29) is 36.6 Å². The first kappa shape index (κ1) is 22.3. The molecular weight excluding hydrogens is 414 g/mol. The van der Waals surface area contributed by atoms with Crippen LogP contribution >= 0.6 is 11.6 Å². The third kappa shape index (κ3) is 4.37. The molecule has 3 aliphatic rings. The molecule has 0 bridgehead atoms. The van der Waals surface area contributed by atoms with Gasteiger partial charge in [-0.25, -0.2) is 0 Å². The molecular formula is C24H32ClN3O3. The third-order valence-electron chi connectivity index (χ3n) is 7.07. The molecule has 1 atom stereocenters. The second-order valence-electron chi connectivity index (χ2n) is 9.74. The van der Waals surface area contributed by atoms with Crippen LogP contribution in [0.5, 0.6) is 0 Å². The van der Waals surface area contributed by atoms with Crippen molar-refractivity contribution in [1.29, 1.82) is 0 Å². The number of benzene rings is 1. The van der Waals surface area contributed by atoms with E-state index < -0.39 is 5.41 Å². The molecule has 0 radical (unpaired) electrons. The number of rotatable bonds is 9. The van der Waals surface area contributed by atoms with E-state index >= 15 is 0 Å². The monoisotopic (exact) mass is 445 g/mol. The van der Waals surface area contributed by atoms with Gasteiger partial charge in [0.2, 0.25) is 17.7 Å². The lowest BCUT2D eigenvalue weighted by Gasteiger charge is -2.33. The maximum atomic E-state index is 13.7. The minimum atomic E-state index is -1.23. The van der Waals surface area contributed by atoms with E-state index in [0.29, 0.717) is 35.5 Å². The van der Waals surface area contributed by atoms with Crippen molar-refractivity contribution in [2.45, 2.75) is 50.0 Å². The third-order valence-corrected chi connectivity index (χ3v) is 7.40. The van der Waals surface area contributed by atoms with Gasteiger partial charge >= 0.3 is 0 Å². The lowest BCUT2D eigenvalue weighted by atomic mass is 9.75. The van der Waals surface area contributed by atoms with Gasteiger partial charge in [0.25, 0.3) is 0 Å². The molecule has 0 aromatic heterocycles. The summed E-state index contributed by atoms with van der Waals surface area (Å²) in [5, 5.41) is 0.425. The number of carbonyl (C=O) groups excluding carboxylic acids is 3. The molecule has 1 aliphatic heterocycles. The average Bonchev–Trinajstić information content (AvgIpc) is 3.63. The Morgan fingerprint density at radius 2 is 1.74 bits per heavy atom. The molecule has 7 heteroatoms. The molecule has 168 valence electrons. The van der Waals surface area contributed by atoms with Crippen LogP contribution in [0.15, 0.2) is 24.3 Å². The van der Waals surface area contributed by atoms with E-state index in [1.807, 2.05) is 37.0 Å². The zero-order chi connectivity index (χ0) is 22.3. The SMILES string of the molecule is CN(C)CCN1C(=O)CC(CC(=O)N(C)C(C2CC2)C2CC2)(c2ccccc2Cl)C1=O. The highest BCUT2D eigenvalue weighted by atomic mass is 35.5. The molecule has 1 aromatic rings. The van der Waals surface area contributed by atoms with Crippen molar-refractivity contribution < 1.29 is 14.4 Å². The number of likely N-dealkylation sites (N-methyl/N-ethyl adjacent to an activating group) is 1. The zero-order valence-electron chi connectivity index (χ0n) is 18.6. The molecule has 0 N–H and O–H groups in total. The van der Waals surface area contributed by atoms with E-state index in [2.05, 4.69) is 0 Å². The maximum Gasteiger partial charge on any atom is 0.240 e. The first-order chi connectivity index (χ1) is 14.7. The molecule has 6 nitrogen and oxygen atoms in total. The van der Waals surface area contributed by atoms with Crippen LogP contribution in [0.3, 0.4) is 0 Å². The van der Waals surface area contributed by atoms with E-state index in [1.165, 1.54) is 30.6 Å². The fourth-order valence-corrected chi connectivity index (χ4v) is 5.38. The van der Waals surface area contributed by atoms with Crippen LogP contribution in [0.4, 0.5) is 0 Å². The second-order valence-corrected chi connectivity index (χ2v) is 10.1. The van der Waals surface area contributed by atoms with Gasteiger partial charge in [-0.15, -0.1) is 0 Å².